The summed E-state index contributed by atoms with van der Waals surface area (Å²) in [6.45, 7) is 0.781. The van der Waals surface area contributed by atoms with Gasteiger partial charge in [0.2, 0.25) is 5.65 Å². The summed E-state index contributed by atoms with van der Waals surface area (Å²) in [5.41, 5.74) is 3.68. The zero-order valence-corrected chi connectivity index (χ0v) is 9.76. The van der Waals surface area contributed by atoms with Gasteiger partial charge in [0, 0.05) is 30.7 Å². The van der Waals surface area contributed by atoms with Crippen molar-refractivity contribution in [2.45, 2.75) is 6.42 Å². The highest BCUT2D eigenvalue weighted by Gasteiger charge is 2.03. The van der Waals surface area contributed by atoms with Gasteiger partial charge in [0.25, 0.3) is 0 Å². The number of rotatable bonds is 4. The zero-order valence-electron chi connectivity index (χ0n) is 8.95. The Morgan fingerprint density at radius 2 is 2.35 bits per heavy atom. The Labute approximate surface area is 101 Å². The summed E-state index contributed by atoms with van der Waals surface area (Å²) < 4.78 is 1.83. The van der Waals surface area contributed by atoms with Crippen molar-refractivity contribution in [1.29, 1.82) is 0 Å². The Morgan fingerprint density at radius 1 is 1.35 bits per heavy atom. The van der Waals surface area contributed by atoms with Crippen LogP contribution in [0, 0.1) is 0 Å². The molecule has 6 nitrogen and oxygen atoms in total. The smallest absolute Gasteiger partial charge is 0.203 e. The van der Waals surface area contributed by atoms with E-state index in [0.29, 0.717) is 0 Å². The fourth-order valence-corrected chi connectivity index (χ4v) is 2.15. The lowest BCUT2D eigenvalue weighted by atomic mass is 10.3. The lowest BCUT2D eigenvalue weighted by Gasteiger charge is -2.04. The Bertz CT molecular complexity index is 602. The van der Waals surface area contributed by atoms with Gasteiger partial charge in [0.05, 0.1) is 11.2 Å². The van der Waals surface area contributed by atoms with Crippen LogP contribution in [-0.4, -0.2) is 31.1 Å². The van der Waals surface area contributed by atoms with Gasteiger partial charge < -0.3 is 5.32 Å². The molecule has 3 rings (SSSR count). The minimum Gasteiger partial charge on any atom is -0.367 e. The van der Waals surface area contributed by atoms with Crippen LogP contribution in [0.1, 0.15) is 5.69 Å². The third-order valence-corrected chi connectivity index (χ3v) is 3.01. The second kappa shape index (κ2) is 4.46. The zero-order chi connectivity index (χ0) is 11.5. The topological polar surface area (TPSA) is 68.0 Å². The van der Waals surface area contributed by atoms with Crippen LogP contribution in [0.5, 0.6) is 0 Å². The van der Waals surface area contributed by atoms with Crippen LogP contribution >= 0.6 is 11.3 Å². The first-order valence-electron chi connectivity index (χ1n) is 5.19. The maximum absolute atomic E-state index is 4.25. The van der Waals surface area contributed by atoms with E-state index in [1.807, 2.05) is 21.5 Å². The second-order valence-corrected chi connectivity index (χ2v) is 4.21. The molecule has 17 heavy (non-hydrogen) atoms. The van der Waals surface area contributed by atoms with Gasteiger partial charge in [0.1, 0.15) is 6.33 Å². The van der Waals surface area contributed by atoms with Crippen LogP contribution in [0.15, 0.2) is 29.6 Å². The van der Waals surface area contributed by atoms with Crippen LogP contribution in [0.2, 0.25) is 0 Å². The van der Waals surface area contributed by atoms with Crippen LogP contribution in [-0.2, 0) is 6.42 Å². The van der Waals surface area contributed by atoms with E-state index in [4.69, 9.17) is 0 Å². The van der Waals surface area contributed by atoms with Crippen molar-refractivity contribution in [3.8, 4) is 0 Å². The summed E-state index contributed by atoms with van der Waals surface area (Å²) >= 11 is 1.61. The highest BCUT2D eigenvalue weighted by atomic mass is 32.1. The number of anilines is 1. The maximum Gasteiger partial charge on any atom is 0.203 e. The Balaban J connectivity index is 1.70. The monoisotopic (exact) mass is 246 g/mol. The van der Waals surface area contributed by atoms with E-state index >= 15 is 0 Å². The highest BCUT2D eigenvalue weighted by molar-refractivity contribution is 7.07. The lowest BCUT2D eigenvalue weighted by Crippen LogP contribution is -2.07. The molecule has 0 saturated carbocycles. The molecule has 86 valence electrons. The minimum absolute atomic E-state index is 0.741. The van der Waals surface area contributed by atoms with Gasteiger partial charge in [-0.25, -0.2) is 9.97 Å². The Hall–Kier alpha value is -2.02. The van der Waals surface area contributed by atoms with Gasteiger partial charge in [-0.1, -0.05) is 0 Å². The molecule has 0 aliphatic heterocycles. The van der Waals surface area contributed by atoms with Crippen LogP contribution in [0.4, 0.5) is 5.82 Å². The third kappa shape index (κ3) is 2.09. The molecule has 0 saturated heterocycles. The molecule has 3 heterocycles. The molecule has 3 aromatic rings. The van der Waals surface area contributed by atoms with Crippen LogP contribution in [0.3, 0.4) is 0 Å². The first-order valence-corrected chi connectivity index (χ1v) is 6.13. The standard InChI is InChI=1S/C10H10N6S/c1(8-5-17-7-13-8)2-11-9-10-15-14-6-16(10)4-3-12-9/h3-7H,1-2H2,(H,11,12). The SMILES string of the molecule is c1cn2cnnc2c(NCCc2cscn2)n1. The molecule has 1 N–H and O–H groups in total. The molecule has 0 amide bonds. The largest absolute Gasteiger partial charge is 0.367 e. The number of hydrogen-bond acceptors (Lipinski definition) is 6. The molecule has 0 aromatic carbocycles. The first kappa shape index (κ1) is 10.2. The fraction of sp³-hybridized carbons (Fsp3) is 0.200. The van der Waals surface area contributed by atoms with Crippen molar-refractivity contribution in [3.63, 3.8) is 0 Å². The molecule has 3 aromatic heterocycles. The third-order valence-electron chi connectivity index (χ3n) is 2.37. The molecule has 0 aliphatic carbocycles. The van der Waals surface area contributed by atoms with Gasteiger partial charge in [-0.05, 0) is 0 Å². The molecule has 0 spiro atoms. The van der Waals surface area contributed by atoms with E-state index in [1.54, 1.807) is 23.9 Å². The Morgan fingerprint density at radius 3 is 3.24 bits per heavy atom. The van der Waals surface area contributed by atoms with E-state index < -0.39 is 0 Å². The van der Waals surface area contributed by atoms with E-state index in [9.17, 15) is 0 Å². The Kier molecular flexibility index (Phi) is 2.66. The summed E-state index contributed by atoms with van der Waals surface area (Å²) in [7, 11) is 0. The minimum atomic E-state index is 0.741. The molecular weight excluding hydrogens is 236 g/mol. The molecule has 0 bridgehead atoms. The molecule has 0 unspecified atom stereocenters. The van der Waals surface area contributed by atoms with E-state index in [2.05, 4.69) is 25.5 Å². The van der Waals surface area contributed by atoms with E-state index in [0.717, 1.165) is 30.1 Å². The van der Waals surface area contributed by atoms with Crippen molar-refractivity contribution >= 4 is 22.8 Å². The predicted molar refractivity (Wildman–Crippen MR) is 65.1 cm³/mol. The summed E-state index contributed by atoms with van der Waals surface area (Å²) in [4.78, 5) is 8.47. The van der Waals surface area contributed by atoms with Crippen molar-refractivity contribution in [1.82, 2.24) is 24.6 Å². The number of nitrogens with zero attached hydrogens (tertiary/aromatic N) is 5. The van der Waals surface area contributed by atoms with Crippen LogP contribution < -0.4 is 5.32 Å². The highest BCUT2D eigenvalue weighted by Crippen LogP contribution is 2.09. The number of nitrogens with one attached hydrogen (secondary N) is 1. The molecule has 0 radical (unpaired) electrons. The van der Waals surface area contributed by atoms with Gasteiger partial charge in [-0.15, -0.1) is 21.5 Å². The van der Waals surface area contributed by atoms with Crippen molar-refractivity contribution < 1.29 is 0 Å². The van der Waals surface area contributed by atoms with Gasteiger partial charge in [-0.3, -0.25) is 4.40 Å². The van der Waals surface area contributed by atoms with Gasteiger partial charge >= 0.3 is 0 Å². The quantitative estimate of drug-likeness (QED) is 0.750. The van der Waals surface area contributed by atoms with E-state index in [1.165, 1.54) is 0 Å². The van der Waals surface area contributed by atoms with Crippen molar-refractivity contribution in [2.24, 2.45) is 0 Å². The average Bonchev–Trinajstić information content (AvgIpc) is 2.99. The summed E-state index contributed by atoms with van der Waals surface area (Å²) in [5, 5.41) is 13.1. The normalized spacial score (nSPS) is 10.8. The molecular formula is C10H10N6S. The second-order valence-electron chi connectivity index (χ2n) is 3.49. The number of aromatic nitrogens is 5. The number of thiazole rings is 1. The molecule has 0 aliphatic rings. The summed E-state index contributed by atoms with van der Waals surface area (Å²) in [5.74, 6) is 0.750. The fourth-order valence-electron chi connectivity index (χ4n) is 1.55. The van der Waals surface area contributed by atoms with Crippen molar-refractivity contribution in [3.05, 3.63) is 35.3 Å². The lowest BCUT2D eigenvalue weighted by molar-refractivity contribution is 0.964. The maximum atomic E-state index is 4.25. The summed E-state index contributed by atoms with van der Waals surface area (Å²) in [6.07, 6.45) is 6.07. The van der Waals surface area contributed by atoms with E-state index in [-0.39, 0.29) is 0 Å². The predicted octanol–water partition coefficient (Wildman–Crippen LogP) is 1.24. The van der Waals surface area contributed by atoms with Crippen LogP contribution in [0.25, 0.3) is 5.65 Å². The molecule has 0 atom stereocenters. The number of hydrogen-bond donors (Lipinski definition) is 1. The molecule has 0 fully saturated rings. The average molecular weight is 246 g/mol. The molecule has 7 heteroatoms. The first-order chi connectivity index (χ1) is 8.43. The number of fused-ring (bicyclic) bond motifs is 1. The summed E-state index contributed by atoms with van der Waals surface area (Å²) in [6, 6.07) is 0. The van der Waals surface area contributed by atoms with Gasteiger partial charge in [-0.2, -0.15) is 0 Å². The van der Waals surface area contributed by atoms with Gasteiger partial charge in [0.15, 0.2) is 5.82 Å². The van der Waals surface area contributed by atoms with Crippen molar-refractivity contribution in [2.75, 3.05) is 11.9 Å².